The van der Waals surface area contributed by atoms with Crippen LogP contribution in [0.5, 0.6) is 0 Å². The summed E-state index contributed by atoms with van der Waals surface area (Å²) in [4.78, 5) is 7.03. The first kappa shape index (κ1) is 11.2. The van der Waals surface area contributed by atoms with Gasteiger partial charge in [0.15, 0.2) is 0 Å². The molecule has 2 aromatic heterocycles. The number of halogens is 1. The van der Waals surface area contributed by atoms with Gasteiger partial charge in [-0.25, -0.2) is 4.98 Å². The van der Waals surface area contributed by atoms with Crippen LogP contribution in [-0.4, -0.2) is 27.9 Å². The third kappa shape index (κ3) is 2.00. The molecular formula is C13H16BrN3. The molecule has 3 heterocycles. The van der Waals surface area contributed by atoms with Gasteiger partial charge in [0.1, 0.15) is 5.82 Å². The third-order valence-electron chi connectivity index (χ3n) is 3.59. The molecule has 4 heteroatoms. The van der Waals surface area contributed by atoms with E-state index in [1.807, 2.05) is 6.20 Å². The monoisotopic (exact) mass is 293 g/mol. The van der Waals surface area contributed by atoms with E-state index in [4.69, 9.17) is 0 Å². The molecule has 1 saturated heterocycles. The Balaban J connectivity index is 2.07. The second kappa shape index (κ2) is 4.42. The molecule has 90 valence electrons. The number of piperidine rings is 1. The number of aromatic nitrogens is 2. The molecular weight excluding hydrogens is 278 g/mol. The van der Waals surface area contributed by atoms with Crippen molar-refractivity contribution in [2.75, 3.05) is 13.6 Å². The highest BCUT2D eigenvalue weighted by Gasteiger charge is 2.24. The third-order valence-corrected chi connectivity index (χ3v) is 4.06. The number of nitrogens with zero attached hydrogens (tertiary/aromatic N) is 3. The van der Waals surface area contributed by atoms with Gasteiger partial charge in [0, 0.05) is 10.7 Å². The minimum absolute atomic E-state index is 0.459. The Morgan fingerprint density at radius 3 is 3.06 bits per heavy atom. The molecule has 0 amide bonds. The zero-order chi connectivity index (χ0) is 11.8. The molecule has 0 saturated carbocycles. The van der Waals surface area contributed by atoms with E-state index in [2.05, 4.69) is 55.6 Å². The molecule has 1 aliphatic heterocycles. The number of hydrogen-bond acceptors (Lipinski definition) is 2. The smallest absolute Gasteiger partial charge is 0.130 e. The second-order valence-electron chi connectivity index (χ2n) is 4.75. The molecule has 0 aromatic carbocycles. The van der Waals surface area contributed by atoms with Gasteiger partial charge < -0.3 is 4.40 Å². The molecule has 2 aromatic rings. The zero-order valence-electron chi connectivity index (χ0n) is 9.93. The van der Waals surface area contributed by atoms with Crippen LogP contribution < -0.4 is 0 Å². The van der Waals surface area contributed by atoms with E-state index >= 15 is 0 Å². The summed E-state index contributed by atoms with van der Waals surface area (Å²) in [6, 6.07) is 4.62. The van der Waals surface area contributed by atoms with E-state index in [0.717, 1.165) is 4.47 Å². The number of likely N-dealkylation sites (tertiary alicyclic amines) is 1. The lowest BCUT2D eigenvalue weighted by Crippen LogP contribution is -2.30. The van der Waals surface area contributed by atoms with Crippen molar-refractivity contribution in [3.63, 3.8) is 0 Å². The summed E-state index contributed by atoms with van der Waals surface area (Å²) in [5.41, 5.74) is 1.17. The van der Waals surface area contributed by atoms with Crippen LogP contribution >= 0.6 is 15.9 Å². The number of rotatable bonds is 1. The summed E-state index contributed by atoms with van der Waals surface area (Å²) in [5.74, 6) is 1.17. The predicted molar refractivity (Wildman–Crippen MR) is 72.1 cm³/mol. The van der Waals surface area contributed by atoms with Gasteiger partial charge in [0.2, 0.25) is 0 Å². The van der Waals surface area contributed by atoms with Crippen molar-refractivity contribution in [1.82, 2.24) is 14.3 Å². The predicted octanol–water partition coefficient (Wildman–Crippen LogP) is 3.25. The van der Waals surface area contributed by atoms with Crippen LogP contribution in [0.4, 0.5) is 0 Å². The van der Waals surface area contributed by atoms with E-state index in [1.54, 1.807) is 0 Å². The summed E-state index contributed by atoms with van der Waals surface area (Å²) in [6.45, 7) is 1.17. The van der Waals surface area contributed by atoms with Gasteiger partial charge in [-0.05, 0) is 54.5 Å². The van der Waals surface area contributed by atoms with E-state index in [9.17, 15) is 0 Å². The highest BCUT2D eigenvalue weighted by Crippen LogP contribution is 2.29. The fourth-order valence-corrected chi connectivity index (χ4v) is 2.97. The Morgan fingerprint density at radius 2 is 2.24 bits per heavy atom. The second-order valence-corrected chi connectivity index (χ2v) is 5.67. The highest BCUT2D eigenvalue weighted by atomic mass is 79.9. The van der Waals surface area contributed by atoms with Gasteiger partial charge in [0.25, 0.3) is 0 Å². The van der Waals surface area contributed by atoms with Crippen LogP contribution in [0, 0.1) is 0 Å². The molecule has 3 nitrogen and oxygen atoms in total. The SMILES string of the molecule is CN1CCCCC1c1ncc2ccc(Br)cn12. The molecule has 17 heavy (non-hydrogen) atoms. The molecule has 0 N–H and O–H groups in total. The molecule has 0 aliphatic carbocycles. The lowest BCUT2D eigenvalue weighted by molar-refractivity contribution is 0.179. The van der Waals surface area contributed by atoms with Gasteiger partial charge in [-0.2, -0.15) is 0 Å². The lowest BCUT2D eigenvalue weighted by atomic mass is 10.0. The first-order chi connectivity index (χ1) is 8.25. The van der Waals surface area contributed by atoms with Gasteiger partial charge >= 0.3 is 0 Å². The quantitative estimate of drug-likeness (QED) is 0.805. The standard InChI is InChI=1S/C13H16BrN3/c1-16-7-3-2-4-12(16)13-15-8-11-6-5-10(14)9-17(11)13/h5-6,8-9,12H,2-4,7H2,1H3. The van der Waals surface area contributed by atoms with Crippen LogP contribution in [0.3, 0.4) is 0 Å². The van der Waals surface area contributed by atoms with Crippen molar-refractivity contribution < 1.29 is 0 Å². The van der Waals surface area contributed by atoms with E-state index in [0.29, 0.717) is 6.04 Å². The van der Waals surface area contributed by atoms with Gasteiger partial charge in [-0.1, -0.05) is 6.42 Å². The van der Waals surface area contributed by atoms with E-state index < -0.39 is 0 Å². The molecule has 0 bridgehead atoms. The largest absolute Gasteiger partial charge is 0.301 e. The normalized spacial score (nSPS) is 22.1. The van der Waals surface area contributed by atoms with E-state index in [1.165, 1.54) is 37.1 Å². The number of imidazole rings is 1. The summed E-state index contributed by atoms with van der Waals surface area (Å²) in [7, 11) is 2.20. The van der Waals surface area contributed by atoms with Crippen LogP contribution in [0.2, 0.25) is 0 Å². The highest BCUT2D eigenvalue weighted by molar-refractivity contribution is 9.10. The Hall–Kier alpha value is -0.870. The maximum absolute atomic E-state index is 4.61. The molecule has 3 rings (SSSR count). The molecule has 1 aliphatic rings. The Morgan fingerprint density at radius 1 is 1.35 bits per heavy atom. The number of pyridine rings is 1. The average molecular weight is 294 g/mol. The first-order valence-electron chi connectivity index (χ1n) is 6.08. The fraction of sp³-hybridized carbons (Fsp3) is 0.462. The van der Waals surface area contributed by atoms with Crippen molar-refractivity contribution in [3.05, 3.63) is 34.8 Å². The lowest BCUT2D eigenvalue weighted by Gasteiger charge is -2.31. The van der Waals surface area contributed by atoms with Crippen LogP contribution in [0.25, 0.3) is 5.52 Å². The van der Waals surface area contributed by atoms with Crippen LogP contribution in [0.15, 0.2) is 29.0 Å². The molecule has 0 spiro atoms. The van der Waals surface area contributed by atoms with Crippen molar-refractivity contribution in [3.8, 4) is 0 Å². The maximum atomic E-state index is 4.61. The topological polar surface area (TPSA) is 20.5 Å². The first-order valence-corrected chi connectivity index (χ1v) is 6.88. The Bertz CT molecular complexity index is 534. The number of hydrogen-bond donors (Lipinski definition) is 0. The summed E-state index contributed by atoms with van der Waals surface area (Å²) < 4.78 is 3.30. The minimum atomic E-state index is 0.459. The average Bonchev–Trinajstić information content (AvgIpc) is 2.72. The summed E-state index contributed by atoms with van der Waals surface area (Å²) in [6.07, 6.45) is 7.89. The zero-order valence-corrected chi connectivity index (χ0v) is 11.5. The van der Waals surface area contributed by atoms with Gasteiger partial charge in [-0.15, -0.1) is 0 Å². The van der Waals surface area contributed by atoms with Crippen LogP contribution in [-0.2, 0) is 0 Å². The van der Waals surface area contributed by atoms with Crippen molar-refractivity contribution >= 4 is 21.4 Å². The van der Waals surface area contributed by atoms with Crippen molar-refractivity contribution in [2.24, 2.45) is 0 Å². The van der Waals surface area contributed by atoms with Crippen LogP contribution in [0.1, 0.15) is 31.1 Å². The van der Waals surface area contributed by atoms with E-state index in [-0.39, 0.29) is 0 Å². The Labute approximate surface area is 110 Å². The van der Waals surface area contributed by atoms with Crippen molar-refractivity contribution in [2.45, 2.75) is 25.3 Å². The Kier molecular flexibility index (Phi) is 2.92. The molecule has 1 atom stereocenters. The molecule has 0 radical (unpaired) electrons. The number of fused-ring (bicyclic) bond motifs is 1. The molecule has 1 unspecified atom stereocenters. The molecule has 1 fully saturated rings. The minimum Gasteiger partial charge on any atom is -0.301 e. The van der Waals surface area contributed by atoms with Crippen molar-refractivity contribution in [1.29, 1.82) is 0 Å². The summed E-state index contributed by atoms with van der Waals surface area (Å²) >= 11 is 3.53. The van der Waals surface area contributed by atoms with Gasteiger partial charge in [0.05, 0.1) is 17.8 Å². The summed E-state index contributed by atoms with van der Waals surface area (Å²) in [5, 5.41) is 0. The maximum Gasteiger partial charge on any atom is 0.130 e. The van der Waals surface area contributed by atoms with Gasteiger partial charge in [-0.3, -0.25) is 4.90 Å². The fourth-order valence-electron chi connectivity index (χ4n) is 2.63.